The van der Waals surface area contributed by atoms with Crippen LogP contribution in [-0.2, 0) is 0 Å². The van der Waals surface area contributed by atoms with Gasteiger partial charge in [0, 0.05) is 22.0 Å². The average molecular weight is 222 g/mol. The van der Waals surface area contributed by atoms with E-state index in [1.807, 2.05) is 18.0 Å². The third-order valence-electron chi connectivity index (χ3n) is 2.84. The summed E-state index contributed by atoms with van der Waals surface area (Å²) >= 11 is 2.01. The SMILES string of the molecule is Cc1cc(SC2CCN(C)CC2)ccn1. The highest BCUT2D eigenvalue weighted by atomic mass is 32.2. The molecule has 82 valence electrons. The van der Waals surface area contributed by atoms with Gasteiger partial charge in [0.25, 0.3) is 0 Å². The van der Waals surface area contributed by atoms with Crippen LogP contribution in [0.1, 0.15) is 18.5 Å². The molecule has 0 radical (unpaired) electrons. The molecular weight excluding hydrogens is 204 g/mol. The topological polar surface area (TPSA) is 16.1 Å². The van der Waals surface area contributed by atoms with Crippen LogP contribution in [0.4, 0.5) is 0 Å². The summed E-state index contributed by atoms with van der Waals surface area (Å²) in [6.45, 7) is 4.53. The summed E-state index contributed by atoms with van der Waals surface area (Å²) in [6, 6.07) is 4.30. The quantitative estimate of drug-likeness (QED) is 0.765. The first-order valence-electron chi connectivity index (χ1n) is 5.52. The van der Waals surface area contributed by atoms with E-state index in [2.05, 4.69) is 36.0 Å². The molecule has 1 aromatic rings. The molecule has 15 heavy (non-hydrogen) atoms. The van der Waals surface area contributed by atoms with Crippen molar-refractivity contribution < 1.29 is 0 Å². The monoisotopic (exact) mass is 222 g/mol. The summed E-state index contributed by atoms with van der Waals surface area (Å²) in [5, 5.41) is 0.794. The molecule has 1 aromatic heterocycles. The van der Waals surface area contributed by atoms with Gasteiger partial charge in [0.1, 0.15) is 0 Å². The minimum Gasteiger partial charge on any atom is -0.306 e. The van der Waals surface area contributed by atoms with Gasteiger partial charge in [0.05, 0.1) is 0 Å². The highest BCUT2D eigenvalue weighted by Gasteiger charge is 2.17. The number of thioether (sulfide) groups is 1. The molecule has 1 aliphatic heterocycles. The van der Waals surface area contributed by atoms with Crippen LogP contribution in [0.3, 0.4) is 0 Å². The van der Waals surface area contributed by atoms with E-state index in [-0.39, 0.29) is 0 Å². The lowest BCUT2D eigenvalue weighted by molar-refractivity contribution is 0.282. The molecule has 0 N–H and O–H groups in total. The van der Waals surface area contributed by atoms with Gasteiger partial charge in [0.15, 0.2) is 0 Å². The number of nitrogens with zero attached hydrogens (tertiary/aromatic N) is 2. The zero-order valence-electron chi connectivity index (χ0n) is 9.44. The van der Waals surface area contributed by atoms with Gasteiger partial charge in [-0.2, -0.15) is 0 Å². The lowest BCUT2D eigenvalue weighted by Crippen LogP contribution is -2.31. The van der Waals surface area contributed by atoms with E-state index in [1.54, 1.807) is 0 Å². The van der Waals surface area contributed by atoms with Gasteiger partial charge in [0.2, 0.25) is 0 Å². The van der Waals surface area contributed by atoms with Gasteiger partial charge >= 0.3 is 0 Å². The number of pyridine rings is 1. The van der Waals surface area contributed by atoms with Gasteiger partial charge < -0.3 is 4.90 Å². The maximum atomic E-state index is 4.22. The number of hydrogen-bond donors (Lipinski definition) is 0. The van der Waals surface area contributed by atoms with Crippen molar-refractivity contribution in [2.24, 2.45) is 0 Å². The third kappa shape index (κ3) is 3.21. The number of piperidine rings is 1. The second-order valence-corrected chi connectivity index (χ2v) is 5.63. The van der Waals surface area contributed by atoms with E-state index in [9.17, 15) is 0 Å². The summed E-state index contributed by atoms with van der Waals surface area (Å²) in [5.74, 6) is 0. The Morgan fingerprint density at radius 3 is 2.80 bits per heavy atom. The van der Waals surface area contributed by atoms with Crippen molar-refractivity contribution in [1.29, 1.82) is 0 Å². The van der Waals surface area contributed by atoms with Gasteiger partial charge in [-0.1, -0.05) is 0 Å². The highest BCUT2D eigenvalue weighted by Crippen LogP contribution is 2.29. The summed E-state index contributed by atoms with van der Waals surface area (Å²) < 4.78 is 0. The van der Waals surface area contributed by atoms with Crippen LogP contribution in [0.2, 0.25) is 0 Å². The van der Waals surface area contributed by atoms with E-state index >= 15 is 0 Å². The molecule has 1 saturated heterocycles. The van der Waals surface area contributed by atoms with Crippen LogP contribution in [0, 0.1) is 6.92 Å². The summed E-state index contributed by atoms with van der Waals surface area (Å²) in [4.78, 5) is 8.01. The molecule has 2 nitrogen and oxygen atoms in total. The van der Waals surface area contributed by atoms with E-state index < -0.39 is 0 Å². The van der Waals surface area contributed by atoms with Crippen molar-refractivity contribution in [1.82, 2.24) is 9.88 Å². The Labute approximate surface area is 96.1 Å². The Kier molecular flexibility index (Phi) is 3.65. The Bertz CT molecular complexity index is 319. The second kappa shape index (κ2) is 4.99. The minimum absolute atomic E-state index is 0.794. The lowest BCUT2D eigenvalue weighted by Gasteiger charge is -2.28. The molecule has 2 rings (SSSR count). The van der Waals surface area contributed by atoms with E-state index in [0.29, 0.717) is 0 Å². The predicted octanol–water partition coefficient (Wildman–Crippen LogP) is 2.58. The van der Waals surface area contributed by atoms with Crippen molar-refractivity contribution in [2.75, 3.05) is 20.1 Å². The normalized spacial score (nSPS) is 19.3. The molecule has 3 heteroatoms. The fourth-order valence-electron chi connectivity index (χ4n) is 1.89. The van der Waals surface area contributed by atoms with Crippen LogP contribution >= 0.6 is 11.8 Å². The Morgan fingerprint density at radius 1 is 1.40 bits per heavy atom. The van der Waals surface area contributed by atoms with Crippen LogP contribution in [0.5, 0.6) is 0 Å². The number of rotatable bonds is 2. The van der Waals surface area contributed by atoms with Crippen LogP contribution in [-0.4, -0.2) is 35.3 Å². The molecule has 1 aliphatic rings. The largest absolute Gasteiger partial charge is 0.306 e. The molecule has 0 amide bonds. The van der Waals surface area contributed by atoms with Crippen LogP contribution in [0.15, 0.2) is 23.2 Å². The molecule has 0 saturated carbocycles. The number of hydrogen-bond acceptors (Lipinski definition) is 3. The maximum Gasteiger partial charge on any atom is 0.0383 e. The number of likely N-dealkylation sites (tertiary alicyclic amines) is 1. The summed E-state index contributed by atoms with van der Waals surface area (Å²) in [7, 11) is 2.21. The molecule has 0 atom stereocenters. The van der Waals surface area contributed by atoms with Crippen molar-refractivity contribution in [3.05, 3.63) is 24.0 Å². The summed E-state index contributed by atoms with van der Waals surface area (Å²) in [5.41, 5.74) is 1.12. The van der Waals surface area contributed by atoms with Crippen molar-refractivity contribution in [3.63, 3.8) is 0 Å². The van der Waals surface area contributed by atoms with Crippen LogP contribution in [0.25, 0.3) is 0 Å². The molecule has 0 aromatic carbocycles. The maximum absolute atomic E-state index is 4.22. The van der Waals surface area contributed by atoms with E-state index in [4.69, 9.17) is 0 Å². The average Bonchev–Trinajstić information content (AvgIpc) is 2.22. The molecule has 2 heterocycles. The second-order valence-electron chi connectivity index (χ2n) is 4.25. The van der Waals surface area contributed by atoms with Crippen molar-refractivity contribution in [3.8, 4) is 0 Å². The molecule has 0 aliphatic carbocycles. The first kappa shape index (κ1) is 11.0. The minimum atomic E-state index is 0.794. The Hall–Kier alpha value is -0.540. The van der Waals surface area contributed by atoms with Gasteiger partial charge in [-0.05, 0) is 52.0 Å². The molecule has 0 unspecified atom stereocenters. The Morgan fingerprint density at radius 2 is 2.13 bits per heavy atom. The first-order valence-corrected chi connectivity index (χ1v) is 6.40. The van der Waals surface area contributed by atoms with E-state index in [0.717, 1.165) is 10.9 Å². The van der Waals surface area contributed by atoms with Crippen molar-refractivity contribution >= 4 is 11.8 Å². The highest BCUT2D eigenvalue weighted by molar-refractivity contribution is 8.00. The van der Waals surface area contributed by atoms with Gasteiger partial charge in [-0.3, -0.25) is 4.98 Å². The zero-order chi connectivity index (χ0) is 10.7. The smallest absolute Gasteiger partial charge is 0.0383 e. The molecular formula is C12H18N2S. The molecule has 1 fully saturated rings. The zero-order valence-corrected chi connectivity index (χ0v) is 10.3. The number of aryl methyl sites for hydroxylation is 1. The van der Waals surface area contributed by atoms with Gasteiger partial charge in [-0.15, -0.1) is 11.8 Å². The fourth-order valence-corrected chi connectivity index (χ4v) is 3.10. The summed E-state index contributed by atoms with van der Waals surface area (Å²) in [6.07, 6.45) is 4.53. The molecule has 0 bridgehead atoms. The standard InChI is InChI=1S/C12H18N2S/c1-10-9-12(3-6-13-10)15-11-4-7-14(2)8-5-11/h3,6,9,11H,4-5,7-8H2,1-2H3. The van der Waals surface area contributed by atoms with Crippen molar-refractivity contribution in [2.45, 2.75) is 29.9 Å². The van der Waals surface area contributed by atoms with Gasteiger partial charge in [-0.25, -0.2) is 0 Å². The predicted molar refractivity (Wildman–Crippen MR) is 65.4 cm³/mol. The third-order valence-corrected chi connectivity index (χ3v) is 4.17. The number of aromatic nitrogens is 1. The Balaban J connectivity index is 1.92. The van der Waals surface area contributed by atoms with Crippen LogP contribution < -0.4 is 0 Å². The lowest BCUT2D eigenvalue weighted by atomic mass is 10.1. The fraction of sp³-hybridized carbons (Fsp3) is 0.583. The van der Waals surface area contributed by atoms with E-state index in [1.165, 1.54) is 30.8 Å². The first-order chi connectivity index (χ1) is 7.24. The molecule has 0 spiro atoms.